The second-order valence-corrected chi connectivity index (χ2v) is 5.40. The minimum absolute atomic E-state index is 0.00167. The fourth-order valence-electron chi connectivity index (χ4n) is 1.50. The largest absolute Gasteiger partial charge is 0.399 e. The highest BCUT2D eigenvalue weighted by molar-refractivity contribution is 7.99. The van der Waals surface area contributed by atoms with Gasteiger partial charge in [0.05, 0.1) is 4.92 Å². The second-order valence-electron chi connectivity index (χ2n) is 4.12. The Hall–Kier alpha value is -1.76. The summed E-state index contributed by atoms with van der Waals surface area (Å²) in [5.41, 5.74) is 5.65. The molecule has 1 unspecified atom stereocenters. The van der Waals surface area contributed by atoms with Gasteiger partial charge >= 0.3 is 0 Å². The van der Waals surface area contributed by atoms with Crippen LogP contribution in [-0.4, -0.2) is 28.9 Å². The molecule has 1 atom stereocenters. The molecule has 1 rings (SSSR count). The van der Waals surface area contributed by atoms with E-state index in [0.717, 1.165) is 6.42 Å². The topological polar surface area (TPSA) is 98.3 Å². The molecule has 0 heterocycles. The van der Waals surface area contributed by atoms with Gasteiger partial charge in [-0.2, -0.15) is 11.8 Å². The molecule has 0 aromatic heterocycles. The number of benzene rings is 1. The highest BCUT2D eigenvalue weighted by Gasteiger charge is 2.19. The minimum Gasteiger partial charge on any atom is -0.399 e. The molecule has 0 fully saturated rings. The number of nitro groups is 1. The van der Waals surface area contributed by atoms with E-state index in [1.165, 1.54) is 18.2 Å². The third kappa shape index (κ3) is 4.44. The number of nitro benzene ring substituents is 1. The zero-order chi connectivity index (χ0) is 14.4. The van der Waals surface area contributed by atoms with Crippen molar-refractivity contribution in [3.63, 3.8) is 0 Å². The molecule has 1 aromatic carbocycles. The van der Waals surface area contributed by atoms with Crippen LogP contribution in [-0.2, 0) is 0 Å². The van der Waals surface area contributed by atoms with Crippen LogP contribution >= 0.6 is 11.8 Å². The number of nitrogens with two attached hydrogens (primary N) is 1. The predicted octanol–water partition coefficient (Wildman–Crippen LogP) is 2.05. The number of nitrogens with zero attached hydrogens (tertiary/aromatic N) is 1. The second kappa shape index (κ2) is 6.98. The Morgan fingerprint density at radius 1 is 1.58 bits per heavy atom. The molecule has 3 N–H and O–H groups in total. The average Bonchev–Trinajstić information content (AvgIpc) is 2.37. The first-order valence-corrected chi connectivity index (χ1v) is 7.09. The average molecular weight is 283 g/mol. The Labute approximate surface area is 115 Å². The molecule has 0 aliphatic carbocycles. The molecule has 0 radical (unpaired) electrons. The van der Waals surface area contributed by atoms with E-state index in [-0.39, 0.29) is 11.3 Å². The smallest absolute Gasteiger partial charge is 0.282 e. The maximum absolute atomic E-state index is 11.9. The first-order valence-electron chi connectivity index (χ1n) is 5.80. The quantitative estimate of drug-likeness (QED) is 0.473. The van der Waals surface area contributed by atoms with Crippen molar-refractivity contribution in [3.05, 3.63) is 33.9 Å². The molecule has 1 aromatic rings. The van der Waals surface area contributed by atoms with Crippen LogP contribution in [0.25, 0.3) is 0 Å². The van der Waals surface area contributed by atoms with Crippen LogP contribution < -0.4 is 11.1 Å². The summed E-state index contributed by atoms with van der Waals surface area (Å²) in [5, 5.41) is 13.9. The third-order valence-electron chi connectivity index (χ3n) is 2.70. The maximum Gasteiger partial charge on any atom is 0.282 e. The molecular formula is C12H17N3O3S. The molecule has 1 amide bonds. The Kier molecular flexibility index (Phi) is 5.62. The zero-order valence-electron chi connectivity index (χ0n) is 10.9. The Morgan fingerprint density at radius 3 is 2.84 bits per heavy atom. The van der Waals surface area contributed by atoms with Gasteiger partial charge in [-0.3, -0.25) is 14.9 Å². The van der Waals surface area contributed by atoms with E-state index in [9.17, 15) is 14.9 Å². The van der Waals surface area contributed by atoms with Crippen molar-refractivity contribution < 1.29 is 9.72 Å². The van der Waals surface area contributed by atoms with E-state index in [0.29, 0.717) is 17.5 Å². The number of anilines is 1. The molecule has 0 saturated carbocycles. The van der Waals surface area contributed by atoms with E-state index in [2.05, 4.69) is 12.2 Å². The Balaban J connectivity index is 2.76. The van der Waals surface area contributed by atoms with Crippen LogP contribution in [0.4, 0.5) is 11.4 Å². The number of carbonyl (C=O) groups excluding carboxylic acids is 1. The molecule has 19 heavy (non-hydrogen) atoms. The number of hydrogen-bond donors (Lipinski definition) is 2. The number of nitrogens with one attached hydrogen (secondary N) is 1. The van der Waals surface area contributed by atoms with E-state index >= 15 is 0 Å². The lowest BCUT2D eigenvalue weighted by atomic mass is 10.1. The molecule has 0 saturated heterocycles. The Bertz CT molecular complexity index is 479. The summed E-state index contributed by atoms with van der Waals surface area (Å²) in [5.74, 6) is -0.465. The summed E-state index contributed by atoms with van der Waals surface area (Å²) in [6.07, 6.45) is 2.80. The van der Waals surface area contributed by atoms with Crippen molar-refractivity contribution >= 4 is 29.0 Å². The monoisotopic (exact) mass is 283 g/mol. The molecule has 0 spiro atoms. The number of hydrogen-bond acceptors (Lipinski definition) is 5. The van der Waals surface area contributed by atoms with Gasteiger partial charge in [-0.25, -0.2) is 0 Å². The van der Waals surface area contributed by atoms with Gasteiger partial charge in [0.1, 0.15) is 5.56 Å². The fraction of sp³-hybridized carbons (Fsp3) is 0.417. The lowest BCUT2D eigenvalue weighted by Gasteiger charge is -2.09. The number of amides is 1. The molecule has 0 aliphatic rings. The number of thioether (sulfide) groups is 1. The summed E-state index contributed by atoms with van der Waals surface area (Å²) in [6, 6.07) is 3.98. The van der Waals surface area contributed by atoms with Gasteiger partial charge in [0.25, 0.3) is 11.6 Å². The number of nitrogen functional groups attached to an aromatic ring is 1. The summed E-state index contributed by atoms with van der Waals surface area (Å²) in [4.78, 5) is 22.2. The SMILES string of the molecule is CSC(C)CCNC(=O)c1cc(N)ccc1[N+](=O)[O-]. The summed E-state index contributed by atoms with van der Waals surface area (Å²) < 4.78 is 0. The highest BCUT2D eigenvalue weighted by atomic mass is 32.2. The summed E-state index contributed by atoms with van der Waals surface area (Å²) in [6.45, 7) is 2.53. The van der Waals surface area contributed by atoms with Crippen molar-refractivity contribution in [3.8, 4) is 0 Å². The van der Waals surface area contributed by atoms with Gasteiger partial charge in [0.2, 0.25) is 0 Å². The van der Waals surface area contributed by atoms with Crippen molar-refractivity contribution in [1.82, 2.24) is 5.32 Å². The lowest BCUT2D eigenvalue weighted by Crippen LogP contribution is -2.26. The first kappa shape index (κ1) is 15.3. The first-order chi connectivity index (χ1) is 8.95. The van der Waals surface area contributed by atoms with Crippen molar-refractivity contribution in [2.45, 2.75) is 18.6 Å². The van der Waals surface area contributed by atoms with Crippen LogP contribution in [0.15, 0.2) is 18.2 Å². The van der Waals surface area contributed by atoms with Crippen molar-refractivity contribution in [2.75, 3.05) is 18.5 Å². The Morgan fingerprint density at radius 2 is 2.26 bits per heavy atom. The number of carbonyl (C=O) groups is 1. The highest BCUT2D eigenvalue weighted by Crippen LogP contribution is 2.21. The standard InChI is InChI=1S/C12H17N3O3S/c1-8(19-2)5-6-14-12(16)10-7-9(13)3-4-11(10)15(17)18/h3-4,7-8H,5-6,13H2,1-2H3,(H,14,16). The van der Waals surface area contributed by atoms with E-state index in [4.69, 9.17) is 5.73 Å². The van der Waals surface area contributed by atoms with Crippen LogP contribution in [0.5, 0.6) is 0 Å². The predicted molar refractivity (Wildman–Crippen MR) is 77.4 cm³/mol. The van der Waals surface area contributed by atoms with E-state index < -0.39 is 10.8 Å². The van der Waals surface area contributed by atoms with Crippen LogP contribution in [0.1, 0.15) is 23.7 Å². The van der Waals surface area contributed by atoms with Gasteiger partial charge in [0.15, 0.2) is 0 Å². The van der Waals surface area contributed by atoms with E-state index in [1.54, 1.807) is 11.8 Å². The van der Waals surface area contributed by atoms with Crippen molar-refractivity contribution in [1.29, 1.82) is 0 Å². The molecular weight excluding hydrogens is 266 g/mol. The van der Waals surface area contributed by atoms with Crippen LogP contribution in [0.3, 0.4) is 0 Å². The van der Waals surface area contributed by atoms with Crippen molar-refractivity contribution in [2.24, 2.45) is 0 Å². The van der Waals surface area contributed by atoms with Gasteiger partial charge in [-0.15, -0.1) is 0 Å². The molecule has 7 heteroatoms. The molecule has 6 nitrogen and oxygen atoms in total. The number of rotatable bonds is 6. The van der Waals surface area contributed by atoms with Gasteiger partial charge < -0.3 is 11.1 Å². The summed E-state index contributed by atoms with van der Waals surface area (Å²) in [7, 11) is 0. The zero-order valence-corrected chi connectivity index (χ0v) is 11.7. The van der Waals surface area contributed by atoms with Crippen LogP contribution in [0.2, 0.25) is 0 Å². The van der Waals surface area contributed by atoms with Gasteiger partial charge in [-0.05, 0) is 24.8 Å². The molecule has 0 aliphatic heterocycles. The maximum atomic E-state index is 11.9. The lowest BCUT2D eigenvalue weighted by molar-refractivity contribution is -0.385. The molecule has 0 bridgehead atoms. The summed E-state index contributed by atoms with van der Waals surface area (Å²) >= 11 is 1.70. The van der Waals surface area contributed by atoms with Gasteiger partial charge in [-0.1, -0.05) is 6.92 Å². The van der Waals surface area contributed by atoms with Gasteiger partial charge in [0, 0.05) is 23.5 Å². The minimum atomic E-state index is -0.584. The van der Waals surface area contributed by atoms with Crippen LogP contribution in [0, 0.1) is 10.1 Å². The molecule has 104 valence electrons. The third-order valence-corrected chi connectivity index (χ3v) is 3.74. The van der Waals surface area contributed by atoms with E-state index in [1.807, 2.05) is 6.26 Å². The normalized spacial score (nSPS) is 11.9. The fourth-order valence-corrected chi connectivity index (χ4v) is 1.85.